The Labute approximate surface area is 188 Å². The molecule has 1 saturated heterocycles. The molecule has 1 fully saturated rings. The molecule has 1 aromatic rings. The zero-order chi connectivity index (χ0) is 22.5. The standard InChI is InChI=1S/C18H25BrN6O4S/c1-18(2,3)29-16(26)22-13-12(9-19)21-15(30-4)23-14(13)24-7-8-25(17(27)28)11(10-24)5-6-20/h11H,5,7-10H2,1-4H3,(H,22,26)(H,27,28). The van der Waals surface area contributed by atoms with E-state index in [4.69, 9.17) is 10.00 Å². The Morgan fingerprint density at radius 1 is 1.40 bits per heavy atom. The van der Waals surface area contributed by atoms with Crippen molar-refractivity contribution in [1.82, 2.24) is 14.9 Å². The Morgan fingerprint density at radius 2 is 2.10 bits per heavy atom. The quantitative estimate of drug-likeness (QED) is 0.353. The second-order valence-electron chi connectivity index (χ2n) is 7.55. The average molecular weight is 501 g/mol. The van der Waals surface area contributed by atoms with Gasteiger partial charge in [-0.05, 0) is 27.0 Å². The SMILES string of the molecule is CSc1nc(CBr)c(NC(=O)OC(C)(C)C)c(N2CCN(C(=O)O)C(CC#N)C2)n1. The fraction of sp³-hybridized carbons (Fsp3) is 0.611. The number of carboxylic acid groups (broad SMARTS) is 1. The van der Waals surface area contributed by atoms with Crippen molar-refractivity contribution < 1.29 is 19.4 Å². The van der Waals surface area contributed by atoms with Gasteiger partial charge >= 0.3 is 12.2 Å². The van der Waals surface area contributed by atoms with Gasteiger partial charge in [-0.3, -0.25) is 5.32 Å². The van der Waals surface area contributed by atoms with Crippen molar-refractivity contribution in [3.63, 3.8) is 0 Å². The first kappa shape index (κ1) is 24.0. The van der Waals surface area contributed by atoms with E-state index in [2.05, 4.69) is 31.2 Å². The number of thioether (sulfide) groups is 1. The van der Waals surface area contributed by atoms with Crippen molar-refractivity contribution in [3.05, 3.63) is 5.69 Å². The van der Waals surface area contributed by atoms with Crippen molar-refractivity contribution in [2.75, 3.05) is 36.1 Å². The molecule has 0 saturated carbocycles. The van der Waals surface area contributed by atoms with E-state index in [9.17, 15) is 14.7 Å². The maximum absolute atomic E-state index is 12.4. The summed E-state index contributed by atoms with van der Waals surface area (Å²) >= 11 is 4.77. The first-order valence-electron chi connectivity index (χ1n) is 9.22. The van der Waals surface area contributed by atoms with E-state index < -0.39 is 23.8 Å². The minimum absolute atomic E-state index is 0.0589. The third-order valence-corrected chi connectivity index (χ3v) is 5.31. The highest BCUT2D eigenvalue weighted by molar-refractivity contribution is 9.08. The van der Waals surface area contributed by atoms with Crippen molar-refractivity contribution in [1.29, 1.82) is 5.26 Å². The van der Waals surface area contributed by atoms with Crippen LogP contribution in [-0.2, 0) is 10.1 Å². The molecule has 1 atom stereocenters. The molecule has 1 unspecified atom stereocenters. The number of piperazine rings is 1. The van der Waals surface area contributed by atoms with E-state index in [1.54, 1.807) is 20.8 Å². The van der Waals surface area contributed by atoms with E-state index in [0.29, 0.717) is 34.2 Å². The van der Waals surface area contributed by atoms with Crippen LogP contribution < -0.4 is 10.2 Å². The molecule has 2 amide bonds. The Morgan fingerprint density at radius 3 is 2.63 bits per heavy atom. The fourth-order valence-electron chi connectivity index (χ4n) is 3.00. The van der Waals surface area contributed by atoms with Crippen molar-refractivity contribution in [2.24, 2.45) is 0 Å². The number of ether oxygens (including phenoxy) is 1. The van der Waals surface area contributed by atoms with Crippen LogP contribution in [0.5, 0.6) is 0 Å². The molecule has 0 aromatic carbocycles. The highest BCUT2D eigenvalue weighted by Gasteiger charge is 2.33. The maximum atomic E-state index is 12.4. The monoisotopic (exact) mass is 500 g/mol. The van der Waals surface area contributed by atoms with Crippen LogP contribution in [0.3, 0.4) is 0 Å². The predicted octanol–water partition coefficient (Wildman–Crippen LogP) is 3.52. The smallest absolute Gasteiger partial charge is 0.412 e. The number of hydrogen-bond acceptors (Lipinski definition) is 8. The van der Waals surface area contributed by atoms with Gasteiger partial charge in [-0.25, -0.2) is 19.6 Å². The number of carbonyl (C=O) groups is 2. The molecule has 0 spiro atoms. The summed E-state index contributed by atoms with van der Waals surface area (Å²) in [6, 6.07) is 1.54. The van der Waals surface area contributed by atoms with Crippen molar-refractivity contribution >= 4 is 51.4 Å². The van der Waals surface area contributed by atoms with E-state index in [0.717, 1.165) is 0 Å². The number of amides is 2. The summed E-state index contributed by atoms with van der Waals surface area (Å²) in [5.41, 5.74) is 0.301. The molecule has 12 heteroatoms. The van der Waals surface area contributed by atoms with Gasteiger partial charge in [0.25, 0.3) is 0 Å². The lowest BCUT2D eigenvalue weighted by molar-refractivity contribution is 0.0635. The highest BCUT2D eigenvalue weighted by Crippen LogP contribution is 2.32. The van der Waals surface area contributed by atoms with E-state index >= 15 is 0 Å². The topological polar surface area (TPSA) is 132 Å². The number of carbonyl (C=O) groups excluding carboxylic acids is 1. The fourth-order valence-corrected chi connectivity index (χ4v) is 3.79. The maximum Gasteiger partial charge on any atom is 0.412 e. The number of aromatic nitrogens is 2. The lowest BCUT2D eigenvalue weighted by atomic mass is 10.1. The Balaban J connectivity index is 2.43. The van der Waals surface area contributed by atoms with Gasteiger partial charge in [0.1, 0.15) is 11.3 Å². The van der Waals surface area contributed by atoms with Crippen LogP contribution in [0.1, 0.15) is 32.9 Å². The van der Waals surface area contributed by atoms with Crippen LogP contribution in [0.15, 0.2) is 5.16 Å². The summed E-state index contributed by atoms with van der Waals surface area (Å²) in [7, 11) is 0. The van der Waals surface area contributed by atoms with Crippen LogP contribution in [-0.4, -0.2) is 69.7 Å². The van der Waals surface area contributed by atoms with Gasteiger partial charge in [0.15, 0.2) is 11.0 Å². The molecule has 164 valence electrons. The van der Waals surface area contributed by atoms with Crippen LogP contribution in [0, 0.1) is 11.3 Å². The first-order valence-corrected chi connectivity index (χ1v) is 11.6. The van der Waals surface area contributed by atoms with Crippen LogP contribution in [0.4, 0.5) is 21.1 Å². The molecule has 1 aliphatic rings. The molecule has 1 aromatic heterocycles. The van der Waals surface area contributed by atoms with Crippen LogP contribution >= 0.6 is 27.7 Å². The molecule has 30 heavy (non-hydrogen) atoms. The number of nitrogens with one attached hydrogen (secondary N) is 1. The second-order valence-corrected chi connectivity index (χ2v) is 8.89. The molecule has 0 bridgehead atoms. The van der Waals surface area contributed by atoms with Crippen molar-refractivity contribution in [2.45, 2.75) is 49.3 Å². The van der Waals surface area contributed by atoms with Gasteiger partial charge < -0.3 is 19.6 Å². The Hall–Kier alpha value is -2.26. The lowest BCUT2D eigenvalue weighted by Gasteiger charge is -2.40. The largest absolute Gasteiger partial charge is 0.465 e. The van der Waals surface area contributed by atoms with E-state index in [1.165, 1.54) is 16.7 Å². The molecule has 2 heterocycles. The molecule has 0 radical (unpaired) electrons. The Kier molecular flexibility index (Phi) is 8.14. The summed E-state index contributed by atoms with van der Waals surface area (Å²) in [6.07, 6.45) is 0.211. The molecule has 1 aliphatic heterocycles. The minimum atomic E-state index is -1.06. The molecular formula is C18H25BrN6O4S. The molecule has 2 N–H and O–H groups in total. The summed E-state index contributed by atoms with van der Waals surface area (Å²) in [5.74, 6) is 0.475. The first-order chi connectivity index (χ1) is 14.1. The average Bonchev–Trinajstić information content (AvgIpc) is 2.66. The molecule has 2 rings (SSSR count). The van der Waals surface area contributed by atoms with E-state index in [1.807, 2.05) is 17.2 Å². The normalized spacial score (nSPS) is 16.7. The number of anilines is 2. The van der Waals surface area contributed by atoms with Gasteiger partial charge in [0.2, 0.25) is 0 Å². The second kappa shape index (κ2) is 10.2. The number of nitrogens with zero attached hydrogens (tertiary/aromatic N) is 5. The summed E-state index contributed by atoms with van der Waals surface area (Å²) in [6.45, 7) is 6.16. The van der Waals surface area contributed by atoms with Gasteiger partial charge in [-0.15, -0.1) is 0 Å². The van der Waals surface area contributed by atoms with Crippen LogP contribution in [0.2, 0.25) is 0 Å². The minimum Gasteiger partial charge on any atom is -0.465 e. The molecule has 0 aliphatic carbocycles. The van der Waals surface area contributed by atoms with Crippen LogP contribution in [0.25, 0.3) is 0 Å². The predicted molar refractivity (Wildman–Crippen MR) is 117 cm³/mol. The van der Waals surface area contributed by atoms with Gasteiger partial charge in [-0.1, -0.05) is 27.7 Å². The Bertz CT molecular complexity index is 841. The summed E-state index contributed by atoms with van der Waals surface area (Å²) in [5, 5.41) is 22.2. The zero-order valence-electron chi connectivity index (χ0n) is 17.3. The third kappa shape index (κ3) is 6.12. The van der Waals surface area contributed by atoms with E-state index in [-0.39, 0.29) is 19.5 Å². The summed E-state index contributed by atoms with van der Waals surface area (Å²) in [4.78, 5) is 36.1. The third-order valence-electron chi connectivity index (χ3n) is 4.23. The number of alkyl halides is 1. The number of halogens is 1. The molecular weight excluding hydrogens is 476 g/mol. The zero-order valence-corrected chi connectivity index (χ0v) is 19.7. The highest BCUT2D eigenvalue weighted by atomic mass is 79.9. The number of nitriles is 1. The summed E-state index contributed by atoms with van der Waals surface area (Å²) < 4.78 is 5.37. The van der Waals surface area contributed by atoms with Gasteiger partial charge in [-0.2, -0.15) is 5.26 Å². The van der Waals surface area contributed by atoms with Crippen molar-refractivity contribution in [3.8, 4) is 6.07 Å². The molecule has 10 nitrogen and oxygen atoms in total. The number of hydrogen-bond donors (Lipinski definition) is 2. The number of rotatable bonds is 5. The van der Waals surface area contributed by atoms with Gasteiger partial charge in [0.05, 0.1) is 24.2 Å². The lowest BCUT2D eigenvalue weighted by Crippen LogP contribution is -2.55. The van der Waals surface area contributed by atoms with Gasteiger partial charge in [0, 0.05) is 25.0 Å².